The van der Waals surface area contributed by atoms with Crippen LogP contribution in [0.2, 0.25) is 0 Å². The SMILES string of the molecule is Cc1cccc(N(CC(=O)O)C(=O)c2ccccc2)c1. The van der Waals surface area contributed by atoms with Crippen LogP contribution < -0.4 is 4.90 Å². The summed E-state index contributed by atoms with van der Waals surface area (Å²) in [5.74, 6) is -1.37. The van der Waals surface area contributed by atoms with E-state index in [9.17, 15) is 9.59 Å². The maximum atomic E-state index is 12.5. The molecule has 0 fully saturated rings. The Hall–Kier alpha value is -2.62. The van der Waals surface area contributed by atoms with Gasteiger partial charge in [0.05, 0.1) is 0 Å². The second kappa shape index (κ2) is 6.02. The van der Waals surface area contributed by atoms with Crippen LogP contribution in [0.4, 0.5) is 5.69 Å². The van der Waals surface area contributed by atoms with E-state index in [1.165, 1.54) is 4.90 Å². The van der Waals surface area contributed by atoms with Gasteiger partial charge in [0.25, 0.3) is 5.91 Å². The van der Waals surface area contributed by atoms with E-state index in [4.69, 9.17) is 5.11 Å². The number of hydrogen-bond donors (Lipinski definition) is 1. The zero-order valence-corrected chi connectivity index (χ0v) is 11.1. The number of carboxylic acids is 1. The average Bonchev–Trinajstić information content (AvgIpc) is 2.45. The van der Waals surface area contributed by atoms with Gasteiger partial charge in [0.2, 0.25) is 0 Å². The van der Waals surface area contributed by atoms with Crippen molar-refractivity contribution in [2.24, 2.45) is 0 Å². The Morgan fingerprint density at radius 1 is 1.05 bits per heavy atom. The average molecular weight is 269 g/mol. The molecule has 2 rings (SSSR count). The van der Waals surface area contributed by atoms with E-state index < -0.39 is 5.97 Å². The molecule has 0 saturated carbocycles. The Labute approximate surface area is 117 Å². The van der Waals surface area contributed by atoms with Gasteiger partial charge < -0.3 is 5.11 Å². The maximum absolute atomic E-state index is 12.5. The molecule has 2 aromatic carbocycles. The van der Waals surface area contributed by atoms with Crippen LogP contribution in [-0.4, -0.2) is 23.5 Å². The van der Waals surface area contributed by atoms with E-state index in [1.807, 2.05) is 19.1 Å². The summed E-state index contributed by atoms with van der Waals surface area (Å²) < 4.78 is 0. The molecule has 0 aliphatic carbocycles. The van der Waals surface area contributed by atoms with Gasteiger partial charge in [-0.05, 0) is 36.8 Å². The van der Waals surface area contributed by atoms with Crippen LogP contribution in [0.25, 0.3) is 0 Å². The van der Waals surface area contributed by atoms with E-state index in [2.05, 4.69) is 0 Å². The number of rotatable bonds is 4. The first-order valence-corrected chi connectivity index (χ1v) is 6.23. The molecule has 20 heavy (non-hydrogen) atoms. The van der Waals surface area contributed by atoms with Crippen molar-refractivity contribution in [1.82, 2.24) is 0 Å². The van der Waals surface area contributed by atoms with Crippen molar-refractivity contribution >= 4 is 17.6 Å². The van der Waals surface area contributed by atoms with Crippen LogP contribution in [0.3, 0.4) is 0 Å². The summed E-state index contributed by atoms with van der Waals surface area (Å²) in [4.78, 5) is 24.7. The van der Waals surface area contributed by atoms with Crippen molar-refractivity contribution in [1.29, 1.82) is 0 Å². The number of hydrogen-bond acceptors (Lipinski definition) is 2. The molecule has 0 aromatic heterocycles. The van der Waals surface area contributed by atoms with Crippen molar-refractivity contribution in [2.45, 2.75) is 6.92 Å². The Morgan fingerprint density at radius 2 is 1.75 bits per heavy atom. The van der Waals surface area contributed by atoms with Gasteiger partial charge in [-0.15, -0.1) is 0 Å². The van der Waals surface area contributed by atoms with Crippen LogP contribution in [0.15, 0.2) is 54.6 Å². The number of anilines is 1. The van der Waals surface area contributed by atoms with Gasteiger partial charge in [-0.1, -0.05) is 30.3 Å². The number of benzene rings is 2. The smallest absolute Gasteiger partial charge is 0.323 e. The van der Waals surface area contributed by atoms with Gasteiger partial charge in [-0.25, -0.2) is 0 Å². The number of carboxylic acid groups (broad SMARTS) is 1. The largest absolute Gasteiger partial charge is 0.480 e. The van der Waals surface area contributed by atoms with Crippen LogP contribution in [0.1, 0.15) is 15.9 Å². The maximum Gasteiger partial charge on any atom is 0.323 e. The molecular formula is C16H15NO3. The molecule has 0 atom stereocenters. The molecule has 1 amide bonds. The third-order valence-electron chi connectivity index (χ3n) is 2.87. The van der Waals surface area contributed by atoms with Gasteiger partial charge in [-0.3, -0.25) is 14.5 Å². The van der Waals surface area contributed by atoms with E-state index >= 15 is 0 Å². The molecular weight excluding hydrogens is 254 g/mol. The molecule has 0 saturated heterocycles. The summed E-state index contributed by atoms with van der Waals surface area (Å²) in [6, 6.07) is 15.9. The molecule has 0 aliphatic heterocycles. The lowest BCUT2D eigenvalue weighted by Crippen LogP contribution is -2.35. The predicted molar refractivity (Wildman–Crippen MR) is 76.9 cm³/mol. The highest BCUT2D eigenvalue weighted by Gasteiger charge is 2.20. The zero-order chi connectivity index (χ0) is 14.5. The standard InChI is InChI=1S/C16H15NO3/c1-12-6-5-9-14(10-12)17(11-15(18)19)16(20)13-7-3-2-4-8-13/h2-10H,11H2,1H3,(H,18,19). The lowest BCUT2D eigenvalue weighted by atomic mass is 10.1. The molecule has 0 bridgehead atoms. The Kier molecular flexibility index (Phi) is 4.15. The number of carbonyl (C=O) groups is 2. The number of aliphatic carboxylic acids is 1. The monoisotopic (exact) mass is 269 g/mol. The normalized spacial score (nSPS) is 10.1. The summed E-state index contributed by atoms with van der Waals surface area (Å²) in [7, 11) is 0. The number of nitrogens with zero attached hydrogens (tertiary/aromatic N) is 1. The Balaban J connectivity index is 2.38. The number of aryl methyl sites for hydroxylation is 1. The highest BCUT2D eigenvalue weighted by atomic mass is 16.4. The molecule has 0 aliphatic rings. The van der Waals surface area contributed by atoms with Crippen molar-refractivity contribution in [3.8, 4) is 0 Å². The molecule has 102 valence electrons. The van der Waals surface area contributed by atoms with Crippen LogP contribution in [-0.2, 0) is 4.79 Å². The fourth-order valence-corrected chi connectivity index (χ4v) is 1.95. The van der Waals surface area contributed by atoms with Gasteiger partial charge in [0, 0.05) is 11.3 Å². The predicted octanol–water partition coefficient (Wildman–Crippen LogP) is 2.73. The first-order valence-electron chi connectivity index (χ1n) is 6.23. The number of amides is 1. The van der Waals surface area contributed by atoms with Crippen LogP contribution >= 0.6 is 0 Å². The van der Waals surface area contributed by atoms with Crippen molar-refractivity contribution in [2.75, 3.05) is 11.4 Å². The summed E-state index contributed by atoms with van der Waals surface area (Å²) in [5.41, 5.74) is 2.02. The Morgan fingerprint density at radius 3 is 2.35 bits per heavy atom. The second-order valence-electron chi connectivity index (χ2n) is 4.49. The second-order valence-corrected chi connectivity index (χ2v) is 4.49. The third-order valence-corrected chi connectivity index (χ3v) is 2.87. The molecule has 0 radical (unpaired) electrons. The van der Waals surface area contributed by atoms with Crippen molar-refractivity contribution < 1.29 is 14.7 Å². The fourth-order valence-electron chi connectivity index (χ4n) is 1.95. The summed E-state index contributed by atoms with van der Waals surface area (Å²) >= 11 is 0. The van der Waals surface area contributed by atoms with Gasteiger partial charge in [0.1, 0.15) is 6.54 Å². The Bertz CT molecular complexity index is 623. The zero-order valence-electron chi connectivity index (χ0n) is 11.1. The van der Waals surface area contributed by atoms with Crippen LogP contribution in [0.5, 0.6) is 0 Å². The lowest BCUT2D eigenvalue weighted by Gasteiger charge is -2.21. The minimum Gasteiger partial charge on any atom is -0.480 e. The first-order chi connectivity index (χ1) is 9.58. The van der Waals surface area contributed by atoms with Crippen molar-refractivity contribution in [3.05, 3.63) is 65.7 Å². The van der Waals surface area contributed by atoms with Gasteiger partial charge in [-0.2, -0.15) is 0 Å². The molecule has 0 unspecified atom stereocenters. The summed E-state index contributed by atoms with van der Waals surface area (Å²) in [5, 5.41) is 9.02. The highest BCUT2D eigenvalue weighted by molar-refractivity contribution is 6.08. The number of carbonyl (C=O) groups excluding carboxylic acids is 1. The summed E-state index contributed by atoms with van der Waals surface area (Å²) in [6.07, 6.45) is 0. The molecule has 4 heteroatoms. The third kappa shape index (κ3) is 3.23. The van der Waals surface area contributed by atoms with Crippen molar-refractivity contribution in [3.63, 3.8) is 0 Å². The molecule has 0 spiro atoms. The highest BCUT2D eigenvalue weighted by Crippen LogP contribution is 2.18. The lowest BCUT2D eigenvalue weighted by molar-refractivity contribution is -0.135. The minimum absolute atomic E-state index is 0.321. The minimum atomic E-state index is -1.05. The van der Waals surface area contributed by atoms with E-state index in [-0.39, 0.29) is 12.5 Å². The van der Waals surface area contributed by atoms with E-state index in [1.54, 1.807) is 42.5 Å². The van der Waals surface area contributed by atoms with Gasteiger partial charge in [0.15, 0.2) is 0 Å². The molecule has 1 N–H and O–H groups in total. The fraction of sp³-hybridized carbons (Fsp3) is 0.125. The molecule has 4 nitrogen and oxygen atoms in total. The molecule has 0 heterocycles. The van der Waals surface area contributed by atoms with Crippen LogP contribution in [0, 0.1) is 6.92 Å². The van der Waals surface area contributed by atoms with E-state index in [0.29, 0.717) is 11.3 Å². The molecule has 2 aromatic rings. The van der Waals surface area contributed by atoms with E-state index in [0.717, 1.165) is 5.56 Å². The summed E-state index contributed by atoms with van der Waals surface area (Å²) in [6.45, 7) is 1.53. The van der Waals surface area contributed by atoms with Gasteiger partial charge >= 0.3 is 5.97 Å². The first kappa shape index (κ1) is 13.8. The quantitative estimate of drug-likeness (QED) is 0.928. The topological polar surface area (TPSA) is 57.6 Å².